The van der Waals surface area contributed by atoms with E-state index in [9.17, 15) is 5.11 Å². The number of benzene rings is 1. The molecule has 1 nitrogen and oxygen atoms in total. The molecule has 1 heterocycles. The van der Waals surface area contributed by atoms with Crippen molar-refractivity contribution in [2.24, 2.45) is 0 Å². The maximum atomic E-state index is 10.2. The molecular formula is C14H15BrOS. The molecule has 1 aromatic carbocycles. The standard InChI is InChI=1S/C14H15BrOS/c1-9(2)10-3-5-11(6-4-10)14(16)13-7-12(15)8-17-13/h3-9,14,16H,1-2H3. The quantitative estimate of drug-likeness (QED) is 0.870. The van der Waals surface area contributed by atoms with E-state index < -0.39 is 6.10 Å². The van der Waals surface area contributed by atoms with E-state index in [1.807, 2.05) is 23.6 Å². The SMILES string of the molecule is CC(C)c1ccc(C(O)c2cc(Br)cs2)cc1. The highest BCUT2D eigenvalue weighted by Gasteiger charge is 2.12. The lowest BCUT2D eigenvalue weighted by Crippen LogP contribution is -1.97. The molecule has 0 fully saturated rings. The molecule has 0 aliphatic heterocycles. The van der Waals surface area contributed by atoms with Gasteiger partial charge in [-0.15, -0.1) is 11.3 Å². The zero-order valence-electron chi connectivity index (χ0n) is 9.85. The Morgan fingerprint density at radius 3 is 2.18 bits per heavy atom. The van der Waals surface area contributed by atoms with Crippen LogP contribution in [0.5, 0.6) is 0 Å². The first-order valence-electron chi connectivity index (χ1n) is 5.60. The van der Waals surface area contributed by atoms with Crippen molar-refractivity contribution < 1.29 is 5.11 Å². The number of aliphatic hydroxyl groups excluding tert-OH is 1. The molecule has 2 aromatic rings. The maximum Gasteiger partial charge on any atom is 0.113 e. The molecule has 2 rings (SSSR count). The summed E-state index contributed by atoms with van der Waals surface area (Å²) in [5, 5.41) is 12.2. The van der Waals surface area contributed by atoms with Crippen molar-refractivity contribution in [2.45, 2.75) is 25.9 Å². The van der Waals surface area contributed by atoms with Gasteiger partial charge in [-0.2, -0.15) is 0 Å². The van der Waals surface area contributed by atoms with Crippen LogP contribution in [-0.4, -0.2) is 5.11 Å². The summed E-state index contributed by atoms with van der Waals surface area (Å²) >= 11 is 4.97. The summed E-state index contributed by atoms with van der Waals surface area (Å²) in [6, 6.07) is 10.2. The zero-order valence-corrected chi connectivity index (χ0v) is 12.3. The first kappa shape index (κ1) is 12.8. The fourth-order valence-corrected chi connectivity index (χ4v) is 3.15. The lowest BCUT2D eigenvalue weighted by atomic mass is 9.99. The summed E-state index contributed by atoms with van der Waals surface area (Å²) in [5.74, 6) is 0.525. The van der Waals surface area contributed by atoms with Crippen LogP contribution in [0.4, 0.5) is 0 Å². The molecule has 1 atom stereocenters. The van der Waals surface area contributed by atoms with E-state index in [0.29, 0.717) is 5.92 Å². The molecule has 0 saturated carbocycles. The summed E-state index contributed by atoms with van der Waals surface area (Å²) in [5.41, 5.74) is 2.25. The molecular weight excluding hydrogens is 296 g/mol. The van der Waals surface area contributed by atoms with Crippen molar-refractivity contribution in [1.82, 2.24) is 0 Å². The third kappa shape index (κ3) is 2.97. The minimum atomic E-state index is -0.521. The van der Waals surface area contributed by atoms with Crippen LogP contribution in [0.25, 0.3) is 0 Å². The summed E-state index contributed by atoms with van der Waals surface area (Å²) in [6.07, 6.45) is -0.521. The molecule has 1 aromatic heterocycles. The third-order valence-corrected chi connectivity index (χ3v) is 4.52. The number of aliphatic hydroxyl groups is 1. The van der Waals surface area contributed by atoms with Gasteiger partial charge in [0.25, 0.3) is 0 Å². The van der Waals surface area contributed by atoms with Crippen molar-refractivity contribution in [3.05, 3.63) is 56.2 Å². The van der Waals surface area contributed by atoms with Crippen LogP contribution in [0.15, 0.2) is 40.2 Å². The van der Waals surface area contributed by atoms with Gasteiger partial charge in [-0.25, -0.2) is 0 Å². The summed E-state index contributed by atoms with van der Waals surface area (Å²) in [6.45, 7) is 4.34. The van der Waals surface area contributed by atoms with Gasteiger partial charge in [-0.05, 0) is 39.0 Å². The Balaban J connectivity index is 2.22. The van der Waals surface area contributed by atoms with Gasteiger partial charge in [-0.3, -0.25) is 0 Å². The van der Waals surface area contributed by atoms with Crippen LogP contribution in [0, 0.1) is 0 Å². The molecule has 90 valence electrons. The Morgan fingerprint density at radius 1 is 1.12 bits per heavy atom. The Labute approximate surface area is 114 Å². The Morgan fingerprint density at radius 2 is 1.71 bits per heavy atom. The molecule has 0 radical (unpaired) electrons. The molecule has 3 heteroatoms. The van der Waals surface area contributed by atoms with Gasteiger partial charge in [0.1, 0.15) is 6.10 Å². The highest BCUT2D eigenvalue weighted by atomic mass is 79.9. The fourth-order valence-electron chi connectivity index (χ4n) is 1.70. The van der Waals surface area contributed by atoms with Gasteiger partial charge in [0.05, 0.1) is 0 Å². The smallest absolute Gasteiger partial charge is 0.113 e. The van der Waals surface area contributed by atoms with Crippen LogP contribution in [0.1, 0.15) is 41.9 Å². The average molecular weight is 311 g/mol. The van der Waals surface area contributed by atoms with E-state index in [-0.39, 0.29) is 0 Å². The van der Waals surface area contributed by atoms with E-state index in [1.165, 1.54) is 5.56 Å². The van der Waals surface area contributed by atoms with Crippen molar-refractivity contribution in [3.8, 4) is 0 Å². The Bertz CT molecular complexity index is 487. The average Bonchev–Trinajstić information content (AvgIpc) is 2.75. The number of hydrogen-bond donors (Lipinski definition) is 1. The van der Waals surface area contributed by atoms with Gasteiger partial charge in [0.15, 0.2) is 0 Å². The molecule has 0 aliphatic carbocycles. The van der Waals surface area contributed by atoms with Gasteiger partial charge in [0, 0.05) is 14.7 Å². The zero-order chi connectivity index (χ0) is 12.4. The van der Waals surface area contributed by atoms with E-state index in [0.717, 1.165) is 14.9 Å². The minimum absolute atomic E-state index is 0.521. The van der Waals surface area contributed by atoms with Crippen molar-refractivity contribution >= 4 is 27.3 Å². The molecule has 0 aliphatic rings. The van der Waals surface area contributed by atoms with Crippen molar-refractivity contribution in [2.75, 3.05) is 0 Å². The predicted octanol–water partition coefficient (Wildman–Crippen LogP) is 4.72. The summed E-state index contributed by atoms with van der Waals surface area (Å²) in [7, 11) is 0. The van der Waals surface area contributed by atoms with Gasteiger partial charge in [-0.1, -0.05) is 38.1 Å². The van der Waals surface area contributed by atoms with E-state index >= 15 is 0 Å². The Hall–Kier alpha value is -0.640. The molecule has 0 bridgehead atoms. The van der Waals surface area contributed by atoms with Crippen LogP contribution in [-0.2, 0) is 0 Å². The first-order valence-corrected chi connectivity index (χ1v) is 7.27. The minimum Gasteiger partial charge on any atom is -0.383 e. The first-order chi connectivity index (χ1) is 8.08. The second-order valence-corrected chi connectivity index (χ2v) is 6.25. The fraction of sp³-hybridized carbons (Fsp3) is 0.286. The van der Waals surface area contributed by atoms with Crippen LogP contribution < -0.4 is 0 Å². The van der Waals surface area contributed by atoms with Crippen LogP contribution in [0.2, 0.25) is 0 Å². The van der Waals surface area contributed by atoms with Gasteiger partial charge in [0.2, 0.25) is 0 Å². The normalized spacial score (nSPS) is 13.0. The highest BCUT2D eigenvalue weighted by molar-refractivity contribution is 9.10. The predicted molar refractivity (Wildman–Crippen MR) is 76.6 cm³/mol. The van der Waals surface area contributed by atoms with E-state index in [2.05, 4.69) is 41.9 Å². The number of hydrogen-bond acceptors (Lipinski definition) is 2. The molecule has 17 heavy (non-hydrogen) atoms. The second kappa shape index (κ2) is 5.34. The monoisotopic (exact) mass is 310 g/mol. The van der Waals surface area contributed by atoms with Gasteiger partial charge < -0.3 is 5.11 Å². The summed E-state index contributed by atoms with van der Waals surface area (Å²) < 4.78 is 1.02. The largest absolute Gasteiger partial charge is 0.383 e. The van der Waals surface area contributed by atoms with Crippen molar-refractivity contribution in [1.29, 1.82) is 0 Å². The lowest BCUT2D eigenvalue weighted by Gasteiger charge is -2.11. The number of halogens is 1. The van der Waals surface area contributed by atoms with Crippen molar-refractivity contribution in [3.63, 3.8) is 0 Å². The second-order valence-electron chi connectivity index (χ2n) is 4.39. The lowest BCUT2D eigenvalue weighted by molar-refractivity contribution is 0.224. The topological polar surface area (TPSA) is 20.2 Å². The number of thiophene rings is 1. The maximum absolute atomic E-state index is 10.2. The Kier molecular flexibility index (Phi) is 4.02. The summed E-state index contributed by atoms with van der Waals surface area (Å²) in [4.78, 5) is 0.967. The van der Waals surface area contributed by atoms with E-state index in [4.69, 9.17) is 0 Å². The highest BCUT2D eigenvalue weighted by Crippen LogP contribution is 2.30. The molecule has 0 spiro atoms. The third-order valence-electron chi connectivity index (χ3n) is 2.78. The van der Waals surface area contributed by atoms with Crippen LogP contribution in [0.3, 0.4) is 0 Å². The molecule has 0 amide bonds. The molecule has 1 N–H and O–H groups in total. The number of rotatable bonds is 3. The van der Waals surface area contributed by atoms with Crippen LogP contribution >= 0.6 is 27.3 Å². The molecule has 0 saturated heterocycles. The van der Waals surface area contributed by atoms with Gasteiger partial charge >= 0.3 is 0 Å². The molecule has 1 unspecified atom stereocenters. The van der Waals surface area contributed by atoms with E-state index in [1.54, 1.807) is 11.3 Å².